The smallest absolute Gasteiger partial charge is 0.222 e. The molecule has 2 unspecified atom stereocenters. The second kappa shape index (κ2) is 11.0. The fourth-order valence-corrected chi connectivity index (χ4v) is 4.53. The summed E-state index contributed by atoms with van der Waals surface area (Å²) in [7, 11) is 4.11. The van der Waals surface area contributed by atoms with Crippen molar-refractivity contribution in [3.63, 3.8) is 0 Å². The minimum absolute atomic E-state index is 0. The minimum Gasteiger partial charge on any atom is -0.491 e. The Hall–Kier alpha value is -1.17. The van der Waals surface area contributed by atoms with Crippen LogP contribution in [-0.4, -0.2) is 61.3 Å². The third-order valence-electron chi connectivity index (χ3n) is 4.93. The largest absolute Gasteiger partial charge is 0.491 e. The van der Waals surface area contributed by atoms with Crippen LogP contribution in [0, 0.1) is 5.92 Å². The average Bonchev–Trinajstić information content (AvgIpc) is 3.02. The van der Waals surface area contributed by atoms with E-state index in [2.05, 4.69) is 49.3 Å². The predicted molar refractivity (Wildman–Crippen MR) is 114 cm³/mol. The van der Waals surface area contributed by atoms with Crippen molar-refractivity contribution in [1.29, 1.82) is 0 Å². The number of hydrogen-bond donors (Lipinski definition) is 0. The highest BCUT2D eigenvalue weighted by atomic mass is 35.5. The van der Waals surface area contributed by atoms with Gasteiger partial charge in [-0.05, 0) is 57.3 Å². The molecule has 2 aliphatic heterocycles. The van der Waals surface area contributed by atoms with Crippen molar-refractivity contribution in [2.24, 2.45) is 5.92 Å². The summed E-state index contributed by atoms with van der Waals surface area (Å²) in [5, 5.41) is 0. The van der Waals surface area contributed by atoms with Gasteiger partial charge in [0.25, 0.3) is 0 Å². The van der Waals surface area contributed by atoms with E-state index in [-0.39, 0.29) is 24.4 Å². The van der Waals surface area contributed by atoms with E-state index >= 15 is 0 Å². The summed E-state index contributed by atoms with van der Waals surface area (Å²) in [4.78, 5) is 18.0. The number of halogens is 1. The van der Waals surface area contributed by atoms with Crippen molar-refractivity contribution in [3.8, 4) is 0 Å². The number of thioether (sulfide) groups is 1. The third kappa shape index (κ3) is 6.74. The summed E-state index contributed by atoms with van der Waals surface area (Å²) in [6.07, 6.45) is 6.16. The summed E-state index contributed by atoms with van der Waals surface area (Å²) in [5.74, 6) is 2.91. The van der Waals surface area contributed by atoms with Crippen molar-refractivity contribution in [2.75, 3.05) is 39.5 Å². The number of carbonyl (C=O) groups excluding carboxylic acids is 1. The van der Waals surface area contributed by atoms with Gasteiger partial charge in [-0.15, -0.1) is 24.2 Å². The molecule has 27 heavy (non-hydrogen) atoms. The van der Waals surface area contributed by atoms with Gasteiger partial charge < -0.3 is 14.5 Å². The van der Waals surface area contributed by atoms with E-state index in [0.717, 1.165) is 50.4 Å². The van der Waals surface area contributed by atoms with E-state index in [1.54, 1.807) is 0 Å². The van der Waals surface area contributed by atoms with Gasteiger partial charge >= 0.3 is 0 Å². The second-order valence-electron chi connectivity index (χ2n) is 7.44. The molecule has 0 saturated carbocycles. The maximum atomic E-state index is 12.5. The van der Waals surface area contributed by atoms with E-state index in [4.69, 9.17) is 4.74 Å². The molecule has 0 spiro atoms. The van der Waals surface area contributed by atoms with Gasteiger partial charge in [-0.1, -0.05) is 18.2 Å². The summed E-state index contributed by atoms with van der Waals surface area (Å²) >= 11 is 1.87. The van der Waals surface area contributed by atoms with Gasteiger partial charge in [-0.3, -0.25) is 4.79 Å². The Bertz CT molecular complexity index is 624. The summed E-state index contributed by atoms with van der Waals surface area (Å²) < 4.78 is 6.07. The van der Waals surface area contributed by atoms with Crippen LogP contribution in [0.1, 0.15) is 25.7 Å². The lowest BCUT2D eigenvalue weighted by molar-refractivity contribution is -0.135. The Morgan fingerprint density at radius 1 is 1.26 bits per heavy atom. The molecule has 4 nitrogen and oxygen atoms in total. The Balaban J connectivity index is 0.00000261. The van der Waals surface area contributed by atoms with Gasteiger partial charge in [-0.25, -0.2) is 0 Å². The number of benzene rings is 1. The number of ether oxygens (including phenoxy) is 1. The lowest BCUT2D eigenvalue weighted by Gasteiger charge is -2.34. The number of carbonyl (C=O) groups is 1. The zero-order valence-corrected chi connectivity index (χ0v) is 17.9. The molecule has 1 aromatic rings. The molecule has 150 valence electrons. The van der Waals surface area contributed by atoms with Crippen molar-refractivity contribution in [3.05, 3.63) is 42.2 Å². The summed E-state index contributed by atoms with van der Waals surface area (Å²) in [6.45, 7) is 2.46. The number of hydrogen-bond acceptors (Lipinski definition) is 4. The predicted octanol–water partition coefficient (Wildman–Crippen LogP) is 4.06. The molecule has 2 atom stereocenters. The highest BCUT2D eigenvalue weighted by Gasteiger charge is 2.36. The fraction of sp³-hybridized carbons (Fsp3) is 0.571. The lowest BCUT2D eigenvalue weighted by atomic mass is 9.94. The third-order valence-corrected chi connectivity index (χ3v) is 6.03. The summed E-state index contributed by atoms with van der Waals surface area (Å²) in [5.41, 5.74) is 0. The van der Waals surface area contributed by atoms with Crippen molar-refractivity contribution < 1.29 is 9.53 Å². The topological polar surface area (TPSA) is 32.8 Å². The molecule has 0 aromatic heterocycles. The van der Waals surface area contributed by atoms with Gasteiger partial charge in [0.2, 0.25) is 5.91 Å². The van der Waals surface area contributed by atoms with Crippen LogP contribution < -0.4 is 0 Å². The van der Waals surface area contributed by atoms with Crippen LogP contribution in [0.5, 0.6) is 0 Å². The van der Waals surface area contributed by atoms with Crippen LogP contribution in [0.25, 0.3) is 0 Å². The molecule has 2 heterocycles. The molecule has 2 aliphatic rings. The quantitative estimate of drug-likeness (QED) is 0.478. The highest BCUT2D eigenvalue weighted by Crippen LogP contribution is 2.31. The van der Waals surface area contributed by atoms with E-state index in [9.17, 15) is 4.79 Å². The molecule has 0 radical (unpaired) electrons. The summed E-state index contributed by atoms with van der Waals surface area (Å²) in [6, 6.07) is 10.5. The Labute approximate surface area is 173 Å². The minimum atomic E-state index is 0. The van der Waals surface area contributed by atoms with Gasteiger partial charge in [0.15, 0.2) is 0 Å². The van der Waals surface area contributed by atoms with E-state index < -0.39 is 0 Å². The maximum Gasteiger partial charge on any atom is 0.222 e. The number of likely N-dealkylation sites (tertiary alicyclic amines) is 1. The molecule has 1 amide bonds. The SMILES string of the molecule is CN(C)CC1=CC2CCN(C(=O)CCCCSc3ccccc3)CC2O1.Cl. The normalized spacial score (nSPS) is 21.3. The number of rotatable bonds is 8. The number of fused-ring (bicyclic) bond motifs is 1. The average molecular weight is 411 g/mol. The van der Waals surface area contributed by atoms with Crippen LogP contribution in [-0.2, 0) is 9.53 Å². The second-order valence-corrected chi connectivity index (χ2v) is 8.61. The lowest BCUT2D eigenvalue weighted by Crippen LogP contribution is -2.45. The molecule has 1 aromatic carbocycles. The molecule has 0 bridgehead atoms. The molecular formula is C21H31ClN2O2S. The van der Waals surface area contributed by atoms with Gasteiger partial charge in [0.1, 0.15) is 11.9 Å². The molecule has 3 rings (SSSR count). The highest BCUT2D eigenvalue weighted by molar-refractivity contribution is 7.99. The molecule has 1 fully saturated rings. The number of piperidine rings is 1. The number of nitrogens with zero attached hydrogens (tertiary/aromatic N) is 2. The van der Waals surface area contributed by atoms with Crippen LogP contribution in [0.15, 0.2) is 47.1 Å². The van der Waals surface area contributed by atoms with E-state index in [1.165, 1.54) is 4.90 Å². The van der Waals surface area contributed by atoms with Crippen LogP contribution in [0.2, 0.25) is 0 Å². The van der Waals surface area contributed by atoms with Crippen molar-refractivity contribution in [1.82, 2.24) is 9.80 Å². The first kappa shape index (κ1) is 22.1. The number of amides is 1. The van der Waals surface area contributed by atoms with Gasteiger partial charge in [0, 0.05) is 23.8 Å². The van der Waals surface area contributed by atoms with Crippen molar-refractivity contribution in [2.45, 2.75) is 36.7 Å². The van der Waals surface area contributed by atoms with E-state index in [0.29, 0.717) is 12.3 Å². The van der Waals surface area contributed by atoms with Crippen molar-refractivity contribution >= 4 is 30.1 Å². The van der Waals surface area contributed by atoms with Gasteiger partial charge in [-0.2, -0.15) is 0 Å². The first-order valence-electron chi connectivity index (χ1n) is 9.59. The number of unbranched alkanes of at least 4 members (excludes halogenated alkanes) is 1. The van der Waals surface area contributed by atoms with Gasteiger partial charge in [0.05, 0.1) is 13.1 Å². The Morgan fingerprint density at radius 3 is 2.78 bits per heavy atom. The standard InChI is InChI=1S/C21H30N2O2S.ClH/c1-22(2)15-18-14-17-11-12-23(16-20(17)25-18)21(24)10-6-7-13-26-19-8-4-3-5-9-19;/h3-5,8-9,14,17,20H,6-7,10-13,15-16H2,1-2H3;1H. The maximum absolute atomic E-state index is 12.5. The first-order valence-corrected chi connectivity index (χ1v) is 10.6. The molecule has 6 heteroatoms. The van der Waals surface area contributed by atoms with E-state index in [1.807, 2.05) is 22.7 Å². The molecule has 0 N–H and O–H groups in total. The Kier molecular flexibility index (Phi) is 9.00. The van der Waals surface area contributed by atoms with Crippen LogP contribution in [0.3, 0.4) is 0 Å². The number of likely N-dealkylation sites (N-methyl/N-ethyl adjacent to an activating group) is 1. The zero-order chi connectivity index (χ0) is 18.4. The van der Waals surface area contributed by atoms with Crippen LogP contribution in [0.4, 0.5) is 0 Å². The molecular weight excluding hydrogens is 380 g/mol. The molecule has 1 saturated heterocycles. The zero-order valence-electron chi connectivity index (χ0n) is 16.3. The first-order chi connectivity index (χ1) is 12.6. The molecule has 0 aliphatic carbocycles. The monoisotopic (exact) mass is 410 g/mol. The fourth-order valence-electron chi connectivity index (χ4n) is 3.59. The van der Waals surface area contributed by atoms with Crippen LogP contribution >= 0.6 is 24.2 Å². The Morgan fingerprint density at radius 2 is 2.04 bits per heavy atom.